The van der Waals surface area contributed by atoms with E-state index >= 15 is 0 Å². The van der Waals surface area contributed by atoms with Crippen LogP contribution in [-0.2, 0) is 0 Å². The van der Waals surface area contributed by atoms with Gasteiger partial charge in [0.2, 0.25) is 0 Å². The molecule has 0 N–H and O–H groups in total. The van der Waals surface area contributed by atoms with E-state index in [1.54, 1.807) is 5.57 Å². The van der Waals surface area contributed by atoms with Gasteiger partial charge >= 0.3 is 0 Å². The zero-order valence-corrected chi connectivity index (χ0v) is 8.82. The Balaban J connectivity index is 2.25. The molecule has 0 heterocycles. The molecule has 0 aromatic carbocycles. The van der Waals surface area contributed by atoms with Gasteiger partial charge in [0.25, 0.3) is 0 Å². The predicted octanol–water partition coefficient (Wildman–Crippen LogP) is 3.74. The Hall–Kier alpha value is 0.560. The Morgan fingerprint density at radius 3 is 3.10 bits per heavy atom. The van der Waals surface area contributed by atoms with Crippen LogP contribution in [0.5, 0.6) is 0 Å². The van der Waals surface area contributed by atoms with Crippen molar-refractivity contribution in [2.45, 2.75) is 19.3 Å². The molecule has 1 aliphatic rings. The molecule has 1 rings (SSSR count). The zero-order valence-electron chi connectivity index (χ0n) is 5.85. The first kappa shape index (κ1) is 8.65. The fourth-order valence-corrected chi connectivity index (χ4v) is 2.03. The van der Waals surface area contributed by atoms with Crippen molar-refractivity contribution in [1.29, 1.82) is 0 Å². The van der Waals surface area contributed by atoms with Crippen LogP contribution in [0.1, 0.15) is 19.3 Å². The molecule has 0 nitrogen and oxygen atoms in total. The Kier molecular flexibility index (Phi) is 4.54. The molecular weight excluding hydrogens is 255 g/mol. The SMILES string of the molecule is ISCCC1=CC=CCC1. The van der Waals surface area contributed by atoms with E-state index in [0.29, 0.717) is 0 Å². The Labute approximate surface area is 78.7 Å². The number of rotatable bonds is 3. The van der Waals surface area contributed by atoms with Crippen LogP contribution < -0.4 is 0 Å². The monoisotopic (exact) mass is 266 g/mol. The van der Waals surface area contributed by atoms with Crippen LogP contribution in [0.4, 0.5) is 0 Å². The summed E-state index contributed by atoms with van der Waals surface area (Å²) < 4.78 is 0. The highest BCUT2D eigenvalue weighted by Gasteiger charge is 1.97. The molecule has 0 bridgehead atoms. The first-order chi connectivity index (χ1) is 4.93. The second-order valence-electron chi connectivity index (χ2n) is 2.35. The van der Waals surface area contributed by atoms with E-state index in [0.717, 1.165) is 0 Å². The topological polar surface area (TPSA) is 0 Å². The molecule has 0 unspecified atom stereocenters. The molecule has 0 aromatic heterocycles. The minimum Gasteiger partial charge on any atom is -0.0891 e. The number of allylic oxidation sites excluding steroid dienone is 4. The quantitative estimate of drug-likeness (QED) is 0.701. The van der Waals surface area contributed by atoms with Crippen LogP contribution in [0.15, 0.2) is 23.8 Å². The molecule has 0 aromatic rings. The lowest BCUT2D eigenvalue weighted by Gasteiger charge is -2.06. The minimum atomic E-state index is 1.25. The van der Waals surface area contributed by atoms with Crippen molar-refractivity contribution in [2.24, 2.45) is 0 Å². The van der Waals surface area contributed by atoms with E-state index in [1.807, 2.05) is 8.93 Å². The first-order valence-electron chi connectivity index (χ1n) is 3.51. The van der Waals surface area contributed by atoms with Gasteiger partial charge < -0.3 is 0 Å². The molecule has 0 saturated carbocycles. The minimum absolute atomic E-state index is 1.25. The zero-order chi connectivity index (χ0) is 7.23. The van der Waals surface area contributed by atoms with E-state index in [-0.39, 0.29) is 0 Å². The normalized spacial score (nSPS) is 17.1. The van der Waals surface area contributed by atoms with Gasteiger partial charge in [-0.1, -0.05) is 32.7 Å². The van der Waals surface area contributed by atoms with Crippen LogP contribution in [0.2, 0.25) is 0 Å². The summed E-state index contributed by atoms with van der Waals surface area (Å²) in [6.07, 6.45) is 10.5. The van der Waals surface area contributed by atoms with E-state index in [4.69, 9.17) is 0 Å². The number of halogens is 1. The summed E-state index contributed by atoms with van der Waals surface area (Å²) in [6, 6.07) is 0. The highest BCUT2D eigenvalue weighted by molar-refractivity contribution is 14.2. The molecule has 0 atom stereocenters. The molecule has 2 heteroatoms. The Morgan fingerprint density at radius 2 is 2.50 bits per heavy atom. The van der Waals surface area contributed by atoms with Crippen molar-refractivity contribution < 1.29 is 0 Å². The lowest BCUT2D eigenvalue weighted by molar-refractivity contribution is 0.901. The lowest BCUT2D eigenvalue weighted by Crippen LogP contribution is -1.88. The van der Waals surface area contributed by atoms with E-state index in [1.165, 1.54) is 25.0 Å². The summed E-state index contributed by atoms with van der Waals surface area (Å²) in [7, 11) is 1.90. The molecule has 1 aliphatic carbocycles. The average molecular weight is 266 g/mol. The Bertz CT molecular complexity index is 149. The largest absolute Gasteiger partial charge is 0.0891 e. The van der Waals surface area contributed by atoms with Crippen LogP contribution >= 0.6 is 30.1 Å². The summed E-state index contributed by atoms with van der Waals surface area (Å²) in [5, 5.41) is 0. The maximum absolute atomic E-state index is 2.35. The van der Waals surface area contributed by atoms with Crippen LogP contribution in [0.3, 0.4) is 0 Å². The standard InChI is InChI=1S/C8H11IS/c9-10-7-6-8-4-2-1-3-5-8/h1-2,4H,3,5-7H2. The van der Waals surface area contributed by atoms with E-state index in [2.05, 4.69) is 39.4 Å². The van der Waals surface area contributed by atoms with E-state index < -0.39 is 0 Å². The summed E-state index contributed by atoms with van der Waals surface area (Å²) >= 11 is 2.35. The molecule has 0 spiro atoms. The van der Waals surface area contributed by atoms with Gasteiger partial charge in [-0.05, 0) is 40.5 Å². The molecule has 0 aliphatic heterocycles. The van der Waals surface area contributed by atoms with Gasteiger partial charge in [-0.2, -0.15) is 0 Å². The second-order valence-corrected chi connectivity index (χ2v) is 4.85. The van der Waals surface area contributed by atoms with Crippen molar-refractivity contribution in [3.63, 3.8) is 0 Å². The highest BCUT2D eigenvalue weighted by atomic mass is 127. The third-order valence-corrected chi connectivity index (χ3v) is 3.28. The summed E-state index contributed by atoms with van der Waals surface area (Å²) in [5.74, 6) is 1.26. The number of hydrogen-bond donors (Lipinski definition) is 0. The fraction of sp³-hybridized carbons (Fsp3) is 0.500. The molecule has 10 heavy (non-hydrogen) atoms. The third-order valence-electron chi connectivity index (χ3n) is 1.60. The maximum Gasteiger partial charge on any atom is 0.00708 e. The van der Waals surface area contributed by atoms with Gasteiger partial charge in [0, 0.05) is 5.75 Å². The summed E-state index contributed by atoms with van der Waals surface area (Å²) in [4.78, 5) is 0. The van der Waals surface area contributed by atoms with Crippen molar-refractivity contribution in [1.82, 2.24) is 0 Å². The van der Waals surface area contributed by atoms with E-state index in [9.17, 15) is 0 Å². The van der Waals surface area contributed by atoms with Gasteiger partial charge in [-0.15, -0.1) is 0 Å². The molecule has 0 radical (unpaired) electrons. The molecule has 0 saturated heterocycles. The van der Waals surface area contributed by atoms with Crippen LogP contribution in [-0.4, -0.2) is 5.75 Å². The molecule has 56 valence electrons. The molecule has 0 fully saturated rings. The maximum atomic E-state index is 2.35. The van der Waals surface area contributed by atoms with Crippen molar-refractivity contribution >= 4 is 30.1 Å². The third kappa shape index (κ3) is 3.10. The molecular formula is C8H11IS. The van der Waals surface area contributed by atoms with Crippen molar-refractivity contribution in [3.8, 4) is 0 Å². The van der Waals surface area contributed by atoms with Gasteiger partial charge in [0.05, 0.1) is 0 Å². The van der Waals surface area contributed by atoms with Crippen LogP contribution in [0.25, 0.3) is 0 Å². The predicted molar refractivity (Wildman–Crippen MR) is 57.6 cm³/mol. The van der Waals surface area contributed by atoms with Gasteiger partial charge in [-0.3, -0.25) is 0 Å². The summed E-state index contributed by atoms with van der Waals surface area (Å²) in [6.45, 7) is 0. The second kappa shape index (κ2) is 5.24. The number of hydrogen-bond acceptors (Lipinski definition) is 1. The van der Waals surface area contributed by atoms with Crippen molar-refractivity contribution in [3.05, 3.63) is 23.8 Å². The van der Waals surface area contributed by atoms with Gasteiger partial charge in [0.1, 0.15) is 0 Å². The molecule has 0 amide bonds. The fourth-order valence-electron chi connectivity index (χ4n) is 1.03. The highest BCUT2D eigenvalue weighted by Crippen LogP contribution is 2.20. The van der Waals surface area contributed by atoms with Crippen LogP contribution in [0, 0.1) is 0 Å². The Morgan fingerprint density at radius 1 is 1.60 bits per heavy atom. The average Bonchev–Trinajstić information content (AvgIpc) is 2.03. The van der Waals surface area contributed by atoms with Gasteiger partial charge in [-0.25, -0.2) is 0 Å². The lowest BCUT2D eigenvalue weighted by atomic mass is 10.0. The van der Waals surface area contributed by atoms with Crippen molar-refractivity contribution in [2.75, 3.05) is 5.75 Å². The summed E-state index contributed by atoms with van der Waals surface area (Å²) in [5.41, 5.74) is 1.62. The first-order valence-corrected chi connectivity index (χ1v) is 7.04. The smallest absolute Gasteiger partial charge is 0.00708 e. The van der Waals surface area contributed by atoms with Gasteiger partial charge in [0.15, 0.2) is 0 Å².